The Morgan fingerprint density at radius 1 is 1.13 bits per heavy atom. The molecule has 0 radical (unpaired) electrons. The number of H-pyrrole nitrogens is 1. The minimum atomic E-state index is -3.17. The topological polar surface area (TPSA) is 132 Å². The van der Waals surface area contributed by atoms with E-state index >= 15 is 0 Å². The molecule has 1 aliphatic carbocycles. The number of imidazole rings is 1. The van der Waals surface area contributed by atoms with Crippen molar-refractivity contribution < 1.29 is 37.0 Å². The second-order valence-electron chi connectivity index (χ2n) is 11.0. The van der Waals surface area contributed by atoms with Crippen molar-refractivity contribution in [1.82, 2.24) is 9.97 Å². The molecular weight excluding hydrogens is 591 g/mol. The Bertz CT molecular complexity index is 1760. The molecule has 4 aromatic rings. The molecule has 3 N–H and O–H groups in total. The molecule has 2 aliphatic rings. The van der Waals surface area contributed by atoms with E-state index in [1.807, 2.05) is 0 Å². The fourth-order valence-electron chi connectivity index (χ4n) is 5.70. The Morgan fingerprint density at radius 2 is 1.96 bits per heavy atom. The smallest absolute Gasteiger partial charge is 0.411 e. The van der Waals surface area contributed by atoms with Crippen molar-refractivity contribution in [1.29, 1.82) is 0 Å². The van der Waals surface area contributed by atoms with E-state index in [4.69, 9.17) is 9.72 Å². The van der Waals surface area contributed by atoms with Gasteiger partial charge < -0.3 is 25.0 Å². The molecule has 2 aromatic heterocycles. The van der Waals surface area contributed by atoms with Gasteiger partial charge in [0.05, 0.1) is 29.6 Å². The molecule has 2 aromatic carbocycles. The Balaban J connectivity index is 1.43. The zero-order valence-corrected chi connectivity index (χ0v) is 24.2. The fraction of sp³-hybridized carbons (Fsp3) is 0.312. The van der Waals surface area contributed by atoms with Crippen LogP contribution in [0.15, 0.2) is 54.7 Å². The van der Waals surface area contributed by atoms with Gasteiger partial charge in [-0.1, -0.05) is 12.5 Å². The lowest BCUT2D eigenvalue weighted by atomic mass is 9.95. The van der Waals surface area contributed by atoms with Gasteiger partial charge in [0.25, 0.3) is 0 Å². The van der Waals surface area contributed by atoms with E-state index in [9.17, 15) is 28.0 Å². The number of carbonyl (C=O) groups excluding carboxylic acids is 2. The van der Waals surface area contributed by atoms with Gasteiger partial charge >= 0.3 is 12.7 Å². The number of methoxy groups -OCH3 is 1. The second-order valence-corrected chi connectivity index (χ2v) is 11.0. The zero-order chi connectivity index (χ0) is 31.7. The molecule has 45 heavy (non-hydrogen) atoms. The summed E-state index contributed by atoms with van der Waals surface area (Å²) in [6.07, 6.45) is 4.23. The minimum absolute atomic E-state index is 0.0800. The van der Waals surface area contributed by atoms with Crippen LogP contribution in [0.25, 0.3) is 22.4 Å². The number of hydrogen-bond acceptors (Lipinski definition) is 6. The number of nitrogens with zero attached hydrogens (tertiary/aromatic N) is 2. The van der Waals surface area contributed by atoms with Gasteiger partial charge in [0, 0.05) is 35.3 Å². The first-order valence-electron chi connectivity index (χ1n) is 14.6. The average molecular weight is 622 g/mol. The third-order valence-corrected chi connectivity index (χ3v) is 7.97. The largest absolute Gasteiger partial charge is 0.618 e. The lowest BCUT2D eigenvalue weighted by molar-refractivity contribution is -0.614. The number of nitrogens with one attached hydrogen (secondary N) is 3. The molecule has 2 amide bonds. The number of rotatable bonds is 6. The minimum Gasteiger partial charge on any atom is -0.618 e. The summed E-state index contributed by atoms with van der Waals surface area (Å²) in [6, 6.07) is 11.7. The average Bonchev–Trinajstić information content (AvgIpc) is 3.75. The molecule has 1 unspecified atom stereocenters. The number of anilines is 2. The number of alkyl halides is 2. The van der Waals surface area contributed by atoms with Crippen LogP contribution in [0.3, 0.4) is 0 Å². The summed E-state index contributed by atoms with van der Waals surface area (Å²) < 4.78 is 50.7. The maximum atomic E-state index is 14.8. The fourth-order valence-corrected chi connectivity index (χ4v) is 5.70. The number of ether oxygens (including phenoxy) is 2. The second kappa shape index (κ2) is 12.5. The van der Waals surface area contributed by atoms with Crippen molar-refractivity contribution in [3.63, 3.8) is 0 Å². The van der Waals surface area contributed by atoms with Gasteiger partial charge in [-0.25, -0.2) is 14.2 Å². The molecule has 1 fully saturated rings. The number of aromatic amines is 1. The first-order valence-corrected chi connectivity index (χ1v) is 14.6. The van der Waals surface area contributed by atoms with Crippen molar-refractivity contribution in [2.75, 3.05) is 17.7 Å². The number of fused-ring (bicyclic) bond motifs is 4. The van der Waals surface area contributed by atoms with E-state index < -0.39 is 24.4 Å². The highest BCUT2D eigenvalue weighted by Crippen LogP contribution is 2.46. The van der Waals surface area contributed by atoms with Gasteiger partial charge in [-0.2, -0.15) is 13.5 Å². The van der Waals surface area contributed by atoms with Crippen molar-refractivity contribution in [2.24, 2.45) is 0 Å². The van der Waals surface area contributed by atoms with E-state index in [1.165, 1.54) is 25.3 Å². The number of benzene rings is 2. The number of carbonyl (C=O) groups is 2. The maximum absolute atomic E-state index is 14.8. The standard InChI is InChI=1S/C32H30F3N5O5/c1-44-32(42)36-19-12-13-20-23(15-19)37-26(41)8-3-2-5-21(30-38-28(17-9-10-17)29(20)39-30)24-14-11-18(16-40(24)43)27-22(33)6-4-7-25(27)45-31(34)35/h4,6-7,11-17,21,31H,2-3,5,8-10H2,1H3,(H,36,42)(H,37,41)(H,38,39). The van der Waals surface area contributed by atoms with Crippen LogP contribution >= 0.6 is 0 Å². The van der Waals surface area contributed by atoms with Crippen LogP contribution in [0.2, 0.25) is 0 Å². The normalized spacial score (nSPS) is 16.6. The number of pyridine rings is 1. The van der Waals surface area contributed by atoms with E-state index in [-0.39, 0.29) is 35.1 Å². The summed E-state index contributed by atoms with van der Waals surface area (Å²) in [4.78, 5) is 33.2. The van der Waals surface area contributed by atoms with Crippen LogP contribution in [0.4, 0.5) is 29.3 Å². The first-order chi connectivity index (χ1) is 21.7. The van der Waals surface area contributed by atoms with Crippen LogP contribution in [0.1, 0.15) is 67.6 Å². The van der Waals surface area contributed by atoms with E-state index in [1.54, 1.807) is 24.3 Å². The molecular formula is C32H30F3N5O5. The highest BCUT2D eigenvalue weighted by Gasteiger charge is 2.34. The van der Waals surface area contributed by atoms with Crippen molar-refractivity contribution in [3.05, 3.63) is 83.0 Å². The third kappa shape index (κ3) is 6.42. The number of amides is 2. The Hall–Kier alpha value is -5.07. The predicted octanol–water partition coefficient (Wildman–Crippen LogP) is 6.82. The van der Waals surface area contributed by atoms with Gasteiger partial charge in [0.15, 0.2) is 6.20 Å². The van der Waals surface area contributed by atoms with Crippen LogP contribution in [-0.2, 0) is 9.53 Å². The summed E-state index contributed by atoms with van der Waals surface area (Å²) >= 11 is 0. The summed E-state index contributed by atoms with van der Waals surface area (Å²) in [5.74, 6) is -1.12. The quantitative estimate of drug-likeness (QED) is 0.160. The van der Waals surface area contributed by atoms with E-state index in [0.29, 0.717) is 58.1 Å². The molecule has 6 rings (SSSR count). The van der Waals surface area contributed by atoms with Crippen LogP contribution < -0.4 is 20.1 Å². The molecule has 13 heteroatoms. The molecule has 10 nitrogen and oxygen atoms in total. The van der Waals surface area contributed by atoms with Crippen molar-refractivity contribution in [2.45, 2.75) is 57.0 Å². The summed E-state index contributed by atoms with van der Waals surface area (Å²) in [7, 11) is 1.26. The van der Waals surface area contributed by atoms with Crippen LogP contribution in [0.5, 0.6) is 5.75 Å². The SMILES string of the molecule is COC(=O)Nc1ccc2c(c1)NC(=O)CCCCC(c1ccc(-c3c(F)cccc3OC(F)F)c[n+]1[O-])c1nc-2c(C2CC2)[nH]1. The van der Waals surface area contributed by atoms with Crippen LogP contribution in [0, 0.1) is 11.0 Å². The van der Waals surface area contributed by atoms with E-state index in [0.717, 1.165) is 30.8 Å². The number of aromatic nitrogens is 3. The molecule has 0 spiro atoms. The van der Waals surface area contributed by atoms with Crippen LogP contribution in [-0.4, -0.2) is 35.7 Å². The highest BCUT2D eigenvalue weighted by molar-refractivity contribution is 5.97. The van der Waals surface area contributed by atoms with Crippen molar-refractivity contribution >= 4 is 23.4 Å². The monoisotopic (exact) mass is 621 g/mol. The molecule has 1 aliphatic heterocycles. The summed E-state index contributed by atoms with van der Waals surface area (Å²) in [5, 5.41) is 19.1. The molecule has 2 bridgehead atoms. The molecule has 234 valence electrons. The molecule has 0 saturated heterocycles. The van der Waals surface area contributed by atoms with Gasteiger partial charge in [-0.05, 0) is 62.1 Å². The lowest BCUT2D eigenvalue weighted by Crippen LogP contribution is -2.34. The zero-order valence-electron chi connectivity index (χ0n) is 24.2. The third-order valence-electron chi connectivity index (χ3n) is 7.97. The van der Waals surface area contributed by atoms with Gasteiger partial charge in [0.2, 0.25) is 11.6 Å². The van der Waals surface area contributed by atoms with Gasteiger partial charge in [-0.3, -0.25) is 10.1 Å². The highest BCUT2D eigenvalue weighted by atomic mass is 19.3. The van der Waals surface area contributed by atoms with E-state index in [2.05, 4.69) is 20.4 Å². The Morgan fingerprint density at radius 3 is 2.69 bits per heavy atom. The van der Waals surface area contributed by atoms with Gasteiger partial charge in [-0.15, -0.1) is 0 Å². The predicted molar refractivity (Wildman–Crippen MR) is 158 cm³/mol. The van der Waals surface area contributed by atoms with Crippen molar-refractivity contribution in [3.8, 4) is 28.1 Å². The molecule has 1 saturated carbocycles. The first kappa shape index (κ1) is 30.0. The summed E-state index contributed by atoms with van der Waals surface area (Å²) in [6.45, 7) is -3.17. The Labute approximate surface area is 256 Å². The molecule has 3 heterocycles. The lowest BCUT2D eigenvalue weighted by Gasteiger charge is -2.17. The van der Waals surface area contributed by atoms with Gasteiger partial charge in [0.1, 0.15) is 23.3 Å². The number of halogens is 3. The Kier molecular flexibility index (Phi) is 8.33. The maximum Gasteiger partial charge on any atom is 0.411 e. The summed E-state index contributed by atoms with van der Waals surface area (Å²) in [5.41, 5.74) is 3.23. The number of hydrogen-bond donors (Lipinski definition) is 3. The molecule has 1 atom stereocenters.